The Morgan fingerprint density at radius 1 is 0.775 bits per heavy atom. The van der Waals surface area contributed by atoms with E-state index in [1.807, 2.05) is 87.8 Å². The Hall–Kier alpha value is -2.90. The van der Waals surface area contributed by atoms with Crippen molar-refractivity contribution in [3.05, 3.63) is 70.8 Å². The minimum Gasteiger partial charge on any atom is -0.241 e. The van der Waals surface area contributed by atoms with Crippen molar-refractivity contribution in [3.63, 3.8) is 0 Å². The molecule has 6 nitrogen and oxygen atoms in total. The fraction of sp³-hybridized carbons (Fsp3) is 0.625. The van der Waals surface area contributed by atoms with E-state index < -0.39 is 5.92 Å². The second-order valence-electron chi connectivity index (χ2n) is 8.78. The maximum atomic E-state index is 12.8. The van der Waals surface area contributed by atoms with Crippen LogP contribution in [0.3, 0.4) is 0 Å². The lowest BCUT2D eigenvalue weighted by Gasteiger charge is -2.11. The molecule has 1 fully saturated rings. The highest BCUT2D eigenvalue weighted by Crippen LogP contribution is 2.40. The van der Waals surface area contributed by atoms with Crippen LogP contribution in [0.4, 0.5) is 8.78 Å². The normalized spacial score (nSPS) is 12.2. The lowest BCUT2D eigenvalue weighted by atomic mass is 10.1. The molecule has 4 rings (SSSR count). The van der Waals surface area contributed by atoms with Gasteiger partial charge < -0.3 is 0 Å². The van der Waals surface area contributed by atoms with E-state index in [0.29, 0.717) is 5.82 Å². The van der Waals surface area contributed by atoms with E-state index in [0.717, 1.165) is 37.3 Å². The Bertz CT molecular complexity index is 1020. The van der Waals surface area contributed by atoms with Crippen molar-refractivity contribution in [3.8, 4) is 0 Å². The van der Waals surface area contributed by atoms with Crippen LogP contribution in [0.25, 0.3) is 0 Å². The van der Waals surface area contributed by atoms with Crippen LogP contribution in [-0.4, -0.2) is 29.9 Å². The second kappa shape index (κ2) is 21.9. The fourth-order valence-electron chi connectivity index (χ4n) is 2.92. The first kappa shape index (κ1) is 39.2. The lowest BCUT2D eigenvalue weighted by molar-refractivity contribution is 0.0166. The summed E-state index contributed by atoms with van der Waals surface area (Å²) in [6.45, 7) is 24.8. The van der Waals surface area contributed by atoms with Crippen LogP contribution in [0.2, 0.25) is 0 Å². The number of aromatic nitrogens is 6. The molecule has 1 aliphatic rings. The Balaban J connectivity index is 0. The second-order valence-corrected chi connectivity index (χ2v) is 8.78. The molecular formula is C32H54F2N6. The summed E-state index contributed by atoms with van der Waals surface area (Å²) in [4.78, 5) is 24.5. The van der Waals surface area contributed by atoms with Crippen molar-refractivity contribution < 1.29 is 8.78 Å². The van der Waals surface area contributed by atoms with E-state index in [2.05, 4.69) is 43.8 Å². The molecule has 3 heterocycles. The molecule has 1 atom stereocenters. The van der Waals surface area contributed by atoms with Crippen LogP contribution in [-0.2, 0) is 12.3 Å². The van der Waals surface area contributed by atoms with Gasteiger partial charge in [-0.05, 0) is 57.6 Å². The molecule has 0 N–H and O–H groups in total. The standard InChI is InChI=1S/C10H14F2N2.C9H12N2.C7H10N2.3C2H6/c1-4-7(2)9-13-5-8(6-14-9)10(3,11)12;1-6-5-10-7(2)11-9(6)8-3-4-8;1-3-7-4-8-6(2)9-5-7;3*1-2/h5-7H,4H2,1-3H3;5,8H,3-4H2,1-2H3;4-5H,3H2,1-2H3;3*1-2H3. The van der Waals surface area contributed by atoms with E-state index in [1.54, 1.807) is 0 Å². The van der Waals surface area contributed by atoms with E-state index in [1.165, 1.54) is 42.1 Å². The van der Waals surface area contributed by atoms with Crippen LogP contribution >= 0.6 is 0 Å². The summed E-state index contributed by atoms with van der Waals surface area (Å²) < 4.78 is 25.6. The van der Waals surface area contributed by atoms with E-state index in [9.17, 15) is 8.78 Å². The van der Waals surface area contributed by atoms with E-state index >= 15 is 0 Å². The smallest absolute Gasteiger partial charge is 0.241 e. The van der Waals surface area contributed by atoms with Gasteiger partial charge in [-0.25, -0.2) is 38.7 Å². The topological polar surface area (TPSA) is 77.3 Å². The van der Waals surface area contributed by atoms with Crippen molar-refractivity contribution in [1.82, 2.24) is 29.9 Å². The van der Waals surface area contributed by atoms with Gasteiger partial charge in [-0.2, -0.15) is 0 Å². The van der Waals surface area contributed by atoms with Gasteiger partial charge in [0.15, 0.2) is 0 Å². The minimum absolute atomic E-state index is 0.135. The molecule has 0 spiro atoms. The molecule has 226 valence electrons. The summed E-state index contributed by atoms with van der Waals surface area (Å²) in [7, 11) is 0. The molecule has 0 bridgehead atoms. The average Bonchev–Trinajstić information content (AvgIpc) is 3.83. The zero-order chi connectivity index (χ0) is 31.3. The molecule has 1 unspecified atom stereocenters. The van der Waals surface area contributed by atoms with Crippen molar-refractivity contribution in [1.29, 1.82) is 0 Å². The van der Waals surface area contributed by atoms with Gasteiger partial charge in [-0.15, -0.1) is 0 Å². The fourth-order valence-corrected chi connectivity index (χ4v) is 2.92. The largest absolute Gasteiger partial charge is 0.273 e. The molecule has 3 aromatic heterocycles. The average molecular weight is 561 g/mol. The van der Waals surface area contributed by atoms with Crippen molar-refractivity contribution in [2.45, 2.75) is 133 Å². The third-order valence-corrected chi connectivity index (χ3v) is 5.57. The first-order chi connectivity index (χ1) is 19.0. The zero-order valence-corrected chi connectivity index (χ0v) is 27.3. The SMILES string of the molecule is CC.CC.CC.CCC(C)c1ncc(C(C)(F)F)cn1.CCc1cnc(C)nc1.Cc1ncc(C)c(C2CC2)n1. The van der Waals surface area contributed by atoms with Crippen molar-refractivity contribution in [2.24, 2.45) is 0 Å². The summed E-state index contributed by atoms with van der Waals surface area (Å²) in [5, 5.41) is 0. The highest BCUT2D eigenvalue weighted by Gasteiger charge is 2.26. The first-order valence-corrected chi connectivity index (χ1v) is 14.8. The van der Waals surface area contributed by atoms with Gasteiger partial charge >= 0.3 is 0 Å². The zero-order valence-electron chi connectivity index (χ0n) is 27.3. The van der Waals surface area contributed by atoms with Crippen molar-refractivity contribution in [2.75, 3.05) is 0 Å². The molecule has 8 heteroatoms. The Labute approximate surface area is 243 Å². The molecule has 40 heavy (non-hydrogen) atoms. The van der Waals surface area contributed by atoms with Crippen LogP contribution in [0, 0.1) is 20.8 Å². The van der Waals surface area contributed by atoms with Gasteiger partial charge in [0.25, 0.3) is 5.92 Å². The van der Waals surface area contributed by atoms with E-state index in [4.69, 9.17) is 0 Å². The van der Waals surface area contributed by atoms with Gasteiger partial charge in [0, 0.05) is 49.7 Å². The molecule has 0 aliphatic heterocycles. The van der Waals surface area contributed by atoms with Crippen LogP contribution in [0.5, 0.6) is 0 Å². The third-order valence-electron chi connectivity index (χ3n) is 5.57. The molecule has 3 aromatic rings. The van der Waals surface area contributed by atoms with Crippen LogP contribution < -0.4 is 0 Å². The predicted octanol–water partition coefficient (Wildman–Crippen LogP) is 9.50. The molecule has 0 aromatic carbocycles. The maximum absolute atomic E-state index is 12.8. The maximum Gasteiger partial charge on any atom is 0.273 e. The molecule has 1 saturated carbocycles. The van der Waals surface area contributed by atoms with Gasteiger partial charge in [0.2, 0.25) is 0 Å². The number of hydrogen-bond donors (Lipinski definition) is 0. The molecular weight excluding hydrogens is 506 g/mol. The predicted molar refractivity (Wildman–Crippen MR) is 164 cm³/mol. The molecule has 0 amide bonds. The number of aryl methyl sites for hydroxylation is 4. The number of hydrogen-bond acceptors (Lipinski definition) is 6. The van der Waals surface area contributed by atoms with E-state index in [-0.39, 0.29) is 11.5 Å². The Morgan fingerprint density at radius 2 is 1.25 bits per heavy atom. The minimum atomic E-state index is -2.85. The summed E-state index contributed by atoms with van der Waals surface area (Å²) in [6.07, 6.45) is 12.6. The summed E-state index contributed by atoms with van der Waals surface area (Å²) >= 11 is 0. The van der Waals surface area contributed by atoms with Gasteiger partial charge in [0.05, 0.1) is 11.3 Å². The Morgan fingerprint density at radius 3 is 1.65 bits per heavy atom. The Kier molecular flexibility index (Phi) is 21.5. The van der Waals surface area contributed by atoms with Gasteiger partial charge in [-0.1, -0.05) is 62.3 Å². The monoisotopic (exact) mass is 560 g/mol. The summed E-state index contributed by atoms with van der Waals surface area (Å²) in [5.41, 5.74) is 3.58. The summed E-state index contributed by atoms with van der Waals surface area (Å²) in [5.74, 6) is 0.477. The highest BCUT2D eigenvalue weighted by molar-refractivity contribution is 5.23. The number of rotatable bonds is 5. The first-order valence-electron chi connectivity index (χ1n) is 14.8. The number of nitrogens with zero attached hydrogens (tertiary/aromatic N) is 6. The van der Waals surface area contributed by atoms with Crippen LogP contribution in [0.1, 0.15) is 140 Å². The third kappa shape index (κ3) is 15.6. The molecule has 0 saturated heterocycles. The summed E-state index contributed by atoms with van der Waals surface area (Å²) in [6, 6.07) is 0. The lowest BCUT2D eigenvalue weighted by Crippen LogP contribution is -2.10. The quantitative estimate of drug-likeness (QED) is 0.309. The molecule has 1 aliphatic carbocycles. The van der Waals surface area contributed by atoms with Gasteiger partial charge in [0.1, 0.15) is 17.5 Å². The highest BCUT2D eigenvalue weighted by atomic mass is 19.3. The number of alkyl halides is 2. The van der Waals surface area contributed by atoms with Crippen LogP contribution in [0.15, 0.2) is 31.0 Å². The number of halogens is 2. The molecule has 0 radical (unpaired) electrons. The van der Waals surface area contributed by atoms with Gasteiger partial charge in [-0.3, -0.25) is 0 Å². The van der Waals surface area contributed by atoms with Crippen molar-refractivity contribution >= 4 is 0 Å².